The first-order valence-corrected chi connectivity index (χ1v) is 8.36. The van der Waals surface area contributed by atoms with Crippen molar-refractivity contribution < 1.29 is 9.59 Å². The van der Waals surface area contributed by atoms with Crippen LogP contribution in [0.4, 0.5) is 0 Å². The number of nitrogens with zero attached hydrogens (tertiary/aromatic N) is 2. The van der Waals surface area contributed by atoms with Gasteiger partial charge in [0.25, 0.3) is 0 Å². The van der Waals surface area contributed by atoms with Gasteiger partial charge in [0.15, 0.2) is 0 Å². The summed E-state index contributed by atoms with van der Waals surface area (Å²) in [4.78, 5) is 27.9. The Balaban J connectivity index is 1.83. The third kappa shape index (κ3) is 3.98. The molecular formula is C17H30N2O2. The summed E-state index contributed by atoms with van der Waals surface area (Å²) in [5.74, 6) is 1.20. The molecule has 0 radical (unpaired) electrons. The van der Waals surface area contributed by atoms with Gasteiger partial charge in [-0.05, 0) is 43.9 Å². The summed E-state index contributed by atoms with van der Waals surface area (Å²) in [5, 5.41) is 0. The Bertz CT molecular complexity index is 410. The zero-order chi connectivity index (χ0) is 15.6. The van der Waals surface area contributed by atoms with Crippen LogP contribution in [-0.2, 0) is 9.59 Å². The Hall–Kier alpha value is -1.06. The van der Waals surface area contributed by atoms with E-state index in [2.05, 4.69) is 25.7 Å². The molecule has 2 saturated heterocycles. The second-order valence-corrected chi connectivity index (χ2v) is 7.57. The fourth-order valence-electron chi connectivity index (χ4n) is 3.83. The van der Waals surface area contributed by atoms with Crippen molar-refractivity contribution in [3.63, 3.8) is 0 Å². The van der Waals surface area contributed by atoms with E-state index in [9.17, 15) is 9.59 Å². The molecule has 0 spiro atoms. The van der Waals surface area contributed by atoms with Crippen LogP contribution in [-0.4, -0.2) is 47.3 Å². The third-order valence-corrected chi connectivity index (χ3v) is 5.40. The van der Waals surface area contributed by atoms with E-state index in [1.807, 2.05) is 4.90 Å². The van der Waals surface area contributed by atoms with Gasteiger partial charge in [0.05, 0.1) is 0 Å². The fourth-order valence-corrected chi connectivity index (χ4v) is 3.83. The van der Waals surface area contributed by atoms with Crippen molar-refractivity contribution >= 4 is 11.8 Å². The molecule has 2 heterocycles. The molecular weight excluding hydrogens is 264 g/mol. The standard InChI is InChI=1S/C17H30N2O2/c1-13-6-9-19(14(2)11-13)16(21)5-7-17(4)8-10-18(12-17)15(3)20/h13-14H,5-12H2,1-4H3/t13-,14?,17-/m1/s1. The predicted molar refractivity (Wildman–Crippen MR) is 83.8 cm³/mol. The number of carbonyl (C=O) groups excluding carboxylic acids is 2. The summed E-state index contributed by atoms with van der Waals surface area (Å²) in [6.45, 7) is 10.9. The van der Waals surface area contributed by atoms with Gasteiger partial charge in [-0.15, -0.1) is 0 Å². The molecule has 0 aromatic heterocycles. The Kier molecular flexibility index (Phi) is 4.95. The number of likely N-dealkylation sites (tertiary alicyclic amines) is 2. The minimum absolute atomic E-state index is 0.119. The molecule has 4 nitrogen and oxygen atoms in total. The summed E-state index contributed by atoms with van der Waals surface area (Å²) in [7, 11) is 0. The first-order valence-electron chi connectivity index (χ1n) is 8.36. The van der Waals surface area contributed by atoms with Crippen molar-refractivity contribution in [2.45, 2.75) is 65.8 Å². The monoisotopic (exact) mass is 294 g/mol. The number of hydrogen-bond donors (Lipinski definition) is 0. The van der Waals surface area contributed by atoms with E-state index in [1.165, 1.54) is 0 Å². The number of piperidine rings is 1. The van der Waals surface area contributed by atoms with Crippen LogP contribution in [0.1, 0.15) is 59.8 Å². The highest BCUT2D eigenvalue weighted by molar-refractivity contribution is 5.77. The lowest BCUT2D eigenvalue weighted by Gasteiger charge is -2.37. The Labute approximate surface area is 128 Å². The summed E-state index contributed by atoms with van der Waals surface area (Å²) in [6.07, 6.45) is 4.80. The van der Waals surface area contributed by atoms with E-state index in [1.54, 1.807) is 6.92 Å². The van der Waals surface area contributed by atoms with Gasteiger partial charge in [-0.25, -0.2) is 0 Å². The predicted octanol–water partition coefficient (Wildman–Crippen LogP) is 2.67. The van der Waals surface area contributed by atoms with Crippen LogP contribution < -0.4 is 0 Å². The van der Waals surface area contributed by atoms with E-state index in [0.717, 1.165) is 51.2 Å². The van der Waals surface area contributed by atoms with Crippen LogP contribution in [0.25, 0.3) is 0 Å². The summed E-state index contributed by atoms with van der Waals surface area (Å²) in [6, 6.07) is 0.381. The molecule has 120 valence electrons. The van der Waals surface area contributed by atoms with Gasteiger partial charge in [-0.1, -0.05) is 13.8 Å². The molecule has 4 heteroatoms. The topological polar surface area (TPSA) is 40.6 Å². The maximum atomic E-state index is 12.5. The molecule has 0 aromatic rings. The van der Waals surface area contributed by atoms with Gasteiger partial charge in [-0.3, -0.25) is 9.59 Å². The van der Waals surface area contributed by atoms with E-state index < -0.39 is 0 Å². The Morgan fingerprint density at radius 2 is 1.95 bits per heavy atom. The second-order valence-electron chi connectivity index (χ2n) is 7.57. The molecule has 0 aromatic carbocycles. The largest absolute Gasteiger partial charge is 0.342 e. The lowest BCUT2D eigenvalue weighted by Crippen LogP contribution is -2.44. The van der Waals surface area contributed by atoms with Crippen LogP contribution in [0.2, 0.25) is 0 Å². The van der Waals surface area contributed by atoms with Crippen molar-refractivity contribution in [2.24, 2.45) is 11.3 Å². The Morgan fingerprint density at radius 3 is 2.52 bits per heavy atom. The van der Waals surface area contributed by atoms with Crippen molar-refractivity contribution in [3.05, 3.63) is 0 Å². The van der Waals surface area contributed by atoms with Gasteiger partial charge < -0.3 is 9.80 Å². The second kappa shape index (κ2) is 6.37. The molecule has 3 atom stereocenters. The Morgan fingerprint density at radius 1 is 1.24 bits per heavy atom. The highest BCUT2D eigenvalue weighted by Gasteiger charge is 2.36. The lowest BCUT2D eigenvalue weighted by molar-refractivity contribution is -0.135. The van der Waals surface area contributed by atoms with Gasteiger partial charge in [-0.2, -0.15) is 0 Å². The van der Waals surface area contributed by atoms with E-state index in [-0.39, 0.29) is 11.3 Å². The van der Waals surface area contributed by atoms with Gasteiger partial charge in [0.2, 0.25) is 11.8 Å². The molecule has 1 unspecified atom stereocenters. The molecule has 0 N–H and O–H groups in total. The van der Waals surface area contributed by atoms with Crippen molar-refractivity contribution in [3.8, 4) is 0 Å². The maximum Gasteiger partial charge on any atom is 0.222 e. The highest BCUT2D eigenvalue weighted by Crippen LogP contribution is 2.35. The van der Waals surface area contributed by atoms with Crippen LogP contribution in [0, 0.1) is 11.3 Å². The molecule has 0 saturated carbocycles. The van der Waals surface area contributed by atoms with Crippen LogP contribution >= 0.6 is 0 Å². The number of carbonyl (C=O) groups is 2. The number of amides is 2. The first-order chi connectivity index (χ1) is 9.81. The minimum Gasteiger partial charge on any atom is -0.342 e. The normalized spacial score (nSPS) is 33.3. The van der Waals surface area contributed by atoms with Crippen molar-refractivity contribution in [2.75, 3.05) is 19.6 Å². The van der Waals surface area contributed by atoms with Gasteiger partial charge in [0, 0.05) is 39.0 Å². The zero-order valence-corrected chi connectivity index (χ0v) is 14.0. The molecule has 2 rings (SSSR count). The number of rotatable bonds is 3. The minimum atomic E-state index is 0.119. The van der Waals surface area contributed by atoms with E-state index in [0.29, 0.717) is 18.4 Å². The van der Waals surface area contributed by atoms with Crippen molar-refractivity contribution in [1.29, 1.82) is 0 Å². The third-order valence-electron chi connectivity index (χ3n) is 5.40. The van der Waals surface area contributed by atoms with Crippen LogP contribution in [0.15, 0.2) is 0 Å². The molecule has 2 aliphatic heterocycles. The highest BCUT2D eigenvalue weighted by atomic mass is 16.2. The molecule has 21 heavy (non-hydrogen) atoms. The summed E-state index contributed by atoms with van der Waals surface area (Å²) < 4.78 is 0. The summed E-state index contributed by atoms with van der Waals surface area (Å²) >= 11 is 0. The molecule has 2 fully saturated rings. The van der Waals surface area contributed by atoms with Crippen LogP contribution in [0.5, 0.6) is 0 Å². The molecule has 2 amide bonds. The quantitative estimate of drug-likeness (QED) is 0.803. The van der Waals surface area contributed by atoms with E-state index in [4.69, 9.17) is 0 Å². The maximum absolute atomic E-state index is 12.5. The summed E-state index contributed by atoms with van der Waals surface area (Å²) in [5.41, 5.74) is 0.119. The number of hydrogen-bond acceptors (Lipinski definition) is 2. The van der Waals surface area contributed by atoms with Crippen molar-refractivity contribution in [1.82, 2.24) is 9.80 Å². The fraction of sp³-hybridized carbons (Fsp3) is 0.882. The molecule has 2 aliphatic rings. The smallest absolute Gasteiger partial charge is 0.222 e. The van der Waals surface area contributed by atoms with Gasteiger partial charge in [0.1, 0.15) is 0 Å². The zero-order valence-electron chi connectivity index (χ0n) is 14.0. The SMILES string of the molecule is CC(=O)N1CC[C@@](C)(CCC(=O)N2CC[C@@H](C)CC2C)C1. The average molecular weight is 294 g/mol. The molecule has 0 bridgehead atoms. The van der Waals surface area contributed by atoms with Crippen LogP contribution in [0.3, 0.4) is 0 Å². The van der Waals surface area contributed by atoms with E-state index >= 15 is 0 Å². The molecule has 0 aliphatic carbocycles. The lowest BCUT2D eigenvalue weighted by atomic mass is 9.84. The average Bonchev–Trinajstić information content (AvgIpc) is 2.80. The van der Waals surface area contributed by atoms with Gasteiger partial charge >= 0.3 is 0 Å². The first kappa shape index (κ1) is 16.3.